The minimum absolute atomic E-state index is 0.129. The molecule has 1 heterocycles. The molecule has 36 heavy (non-hydrogen) atoms. The Kier molecular flexibility index (Phi) is 7.77. The van der Waals surface area contributed by atoms with Crippen molar-refractivity contribution in [2.24, 2.45) is 5.92 Å². The summed E-state index contributed by atoms with van der Waals surface area (Å²) in [6.45, 7) is 3.49. The quantitative estimate of drug-likeness (QED) is 0.392. The highest BCUT2D eigenvalue weighted by molar-refractivity contribution is 5.90. The summed E-state index contributed by atoms with van der Waals surface area (Å²) in [7, 11) is 1.57. The van der Waals surface area contributed by atoms with Crippen LogP contribution in [0, 0.1) is 12.8 Å². The molecule has 1 fully saturated rings. The van der Waals surface area contributed by atoms with Crippen molar-refractivity contribution in [2.75, 3.05) is 12.4 Å². The lowest BCUT2D eigenvalue weighted by molar-refractivity contribution is -0.143. The number of amides is 1. The first kappa shape index (κ1) is 25.1. The van der Waals surface area contributed by atoms with Gasteiger partial charge in [0, 0.05) is 11.1 Å². The van der Waals surface area contributed by atoms with Gasteiger partial charge in [0.25, 0.3) is 0 Å². The lowest BCUT2D eigenvalue weighted by atomic mass is 9.87. The monoisotopic (exact) mass is 494 g/mol. The second-order valence-electron chi connectivity index (χ2n) is 8.85. The third kappa shape index (κ3) is 5.79. The molecule has 3 aromatic rings. The Hall–Kier alpha value is -4.01. The molecule has 0 radical (unpaired) electrons. The number of nitrogens with zero attached hydrogens (tertiary/aromatic N) is 1. The van der Waals surface area contributed by atoms with Crippen LogP contribution in [0.5, 0.6) is 11.5 Å². The van der Waals surface area contributed by atoms with Gasteiger partial charge in [0.2, 0.25) is 0 Å². The van der Waals surface area contributed by atoms with Crippen LogP contribution in [0.25, 0.3) is 11.3 Å². The number of rotatable bonds is 8. The molecule has 1 amide bonds. The molecule has 0 aliphatic heterocycles. The van der Waals surface area contributed by atoms with Crippen molar-refractivity contribution in [3.05, 3.63) is 59.8 Å². The highest BCUT2D eigenvalue weighted by Gasteiger charge is 2.28. The Morgan fingerprint density at radius 2 is 1.89 bits per heavy atom. The molecular formula is C27H30N2O7. The van der Waals surface area contributed by atoms with Crippen LogP contribution in [0.15, 0.2) is 53.1 Å². The largest absolute Gasteiger partial charge is 0.496 e. The van der Waals surface area contributed by atoms with Crippen molar-refractivity contribution in [2.45, 2.75) is 51.7 Å². The van der Waals surface area contributed by atoms with Crippen LogP contribution >= 0.6 is 0 Å². The molecule has 1 aliphatic rings. The van der Waals surface area contributed by atoms with Crippen molar-refractivity contribution in [1.82, 2.24) is 5.16 Å². The van der Waals surface area contributed by atoms with Gasteiger partial charge in [-0.05, 0) is 69.9 Å². The van der Waals surface area contributed by atoms with Crippen LogP contribution in [-0.2, 0) is 9.53 Å². The van der Waals surface area contributed by atoms with E-state index in [2.05, 4.69) is 10.5 Å². The highest BCUT2D eigenvalue weighted by atomic mass is 16.6. The molecule has 0 saturated heterocycles. The number of aryl methyl sites for hydroxylation is 1. The number of aromatic nitrogens is 1. The number of ether oxygens (including phenoxy) is 3. The molecule has 0 bridgehead atoms. The summed E-state index contributed by atoms with van der Waals surface area (Å²) in [4.78, 5) is 24.0. The Labute approximate surface area is 209 Å². The molecule has 2 unspecified atom stereocenters. The first-order valence-corrected chi connectivity index (χ1v) is 11.9. The Bertz CT molecular complexity index is 1210. The average Bonchev–Trinajstić information content (AvgIpc) is 3.24. The second kappa shape index (κ2) is 11.2. The standard InChI is InChI=1S/C27H30N2O7/c1-16-24(28-27(32)34-17(2)22-9-4-5-10-23(22)33-3)25(36-29-16)18-11-13-20(14-12-18)35-21-8-6-7-19(15-21)26(30)31/h4-5,9-14,17,19,21H,6-8,15H2,1-3H3,(H,28,32)(H,30,31)/t17-,19?,21?/m1/s1. The van der Waals surface area contributed by atoms with E-state index >= 15 is 0 Å². The number of aliphatic carboxylic acids is 1. The van der Waals surface area contributed by atoms with Crippen LogP contribution in [0.2, 0.25) is 0 Å². The minimum atomic E-state index is -0.768. The summed E-state index contributed by atoms with van der Waals surface area (Å²) in [5.74, 6) is 0.540. The third-order valence-electron chi connectivity index (χ3n) is 6.35. The molecule has 9 nitrogen and oxygen atoms in total. The second-order valence-corrected chi connectivity index (χ2v) is 8.85. The van der Waals surface area contributed by atoms with E-state index in [1.54, 1.807) is 45.2 Å². The summed E-state index contributed by atoms with van der Waals surface area (Å²) < 4.78 is 22.4. The summed E-state index contributed by atoms with van der Waals surface area (Å²) in [6.07, 6.45) is 1.54. The van der Waals surface area contributed by atoms with Gasteiger partial charge < -0.3 is 23.8 Å². The van der Waals surface area contributed by atoms with Gasteiger partial charge in [0.1, 0.15) is 29.0 Å². The molecule has 2 aromatic carbocycles. The predicted octanol–water partition coefficient (Wildman–Crippen LogP) is 5.99. The van der Waals surface area contributed by atoms with Crippen LogP contribution in [-0.4, -0.2) is 35.5 Å². The molecule has 1 aliphatic carbocycles. The maximum Gasteiger partial charge on any atom is 0.412 e. The van der Waals surface area contributed by atoms with E-state index in [1.807, 2.05) is 24.3 Å². The fourth-order valence-corrected chi connectivity index (χ4v) is 4.43. The fraction of sp³-hybridized carbons (Fsp3) is 0.370. The molecule has 4 rings (SSSR count). The van der Waals surface area contributed by atoms with Crippen LogP contribution in [0.1, 0.15) is 50.0 Å². The SMILES string of the molecule is COc1ccccc1[C@@H](C)OC(=O)Nc1c(C)noc1-c1ccc(OC2CCCC(C(=O)O)C2)cc1. The number of hydrogen-bond acceptors (Lipinski definition) is 7. The molecule has 9 heteroatoms. The number of carboxylic acids is 1. The van der Waals surface area contributed by atoms with Gasteiger partial charge in [-0.15, -0.1) is 0 Å². The molecule has 2 N–H and O–H groups in total. The zero-order valence-corrected chi connectivity index (χ0v) is 20.5. The van der Waals surface area contributed by atoms with Crippen molar-refractivity contribution < 1.29 is 33.4 Å². The van der Waals surface area contributed by atoms with Gasteiger partial charge in [-0.1, -0.05) is 23.4 Å². The first-order valence-electron chi connectivity index (χ1n) is 11.9. The average molecular weight is 495 g/mol. The van der Waals surface area contributed by atoms with E-state index in [1.165, 1.54) is 0 Å². The van der Waals surface area contributed by atoms with Crippen LogP contribution < -0.4 is 14.8 Å². The number of carbonyl (C=O) groups is 2. The number of anilines is 1. The fourth-order valence-electron chi connectivity index (χ4n) is 4.43. The highest BCUT2D eigenvalue weighted by Crippen LogP contribution is 2.34. The smallest absolute Gasteiger partial charge is 0.412 e. The number of benzene rings is 2. The summed E-state index contributed by atoms with van der Waals surface area (Å²) in [6, 6.07) is 14.5. The minimum Gasteiger partial charge on any atom is -0.496 e. The lowest BCUT2D eigenvalue weighted by Gasteiger charge is -2.27. The van der Waals surface area contributed by atoms with Gasteiger partial charge in [0.05, 0.1) is 19.1 Å². The van der Waals surface area contributed by atoms with E-state index in [9.17, 15) is 14.7 Å². The summed E-state index contributed by atoms with van der Waals surface area (Å²) >= 11 is 0. The number of nitrogens with one attached hydrogen (secondary N) is 1. The molecule has 3 atom stereocenters. The van der Waals surface area contributed by atoms with E-state index in [-0.39, 0.29) is 12.0 Å². The summed E-state index contributed by atoms with van der Waals surface area (Å²) in [5.41, 5.74) is 2.37. The summed E-state index contributed by atoms with van der Waals surface area (Å²) in [5, 5.41) is 16.0. The van der Waals surface area contributed by atoms with Gasteiger partial charge >= 0.3 is 12.1 Å². The van der Waals surface area contributed by atoms with E-state index in [0.717, 1.165) is 18.4 Å². The molecule has 1 saturated carbocycles. The normalized spacial score (nSPS) is 18.2. The van der Waals surface area contributed by atoms with Crippen LogP contribution in [0.3, 0.4) is 0 Å². The number of methoxy groups -OCH3 is 1. The van der Waals surface area contributed by atoms with Crippen molar-refractivity contribution in [1.29, 1.82) is 0 Å². The van der Waals surface area contributed by atoms with Gasteiger partial charge in [0.15, 0.2) is 5.76 Å². The first-order chi connectivity index (χ1) is 17.4. The third-order valence-corrected chi connectivity index (χ3v) is 6.35. The van der Waals surface area contributed by atoms with E-state index < -0.39 is 18.2 Å². The zero-order chi connectivity index (χ0) is 25.7. The zero-order valence-electron chi connectivity index (χ0n) is 20.5. The number of carbonyl (C=O) groups excluding carboxylic acids is 1. The Morgan fingerprint density at radius 1 is 1.14 bits per heavy atom. The maximum atomic E-state index is 12.7. The van der Waals surface area contributed by atoms with Gasteiger partial charge in [-0.25, -0.2) is 4.79 Å². The van der Waals surface area contributed by atoms with Crippen molar-refractivity contribution in [3.8, 4) is 22.8 Å². The Balaban J connectivity index is 1.42. The molecule has 0 spiro atoms. The maximum absolute atomic E-state index is 12.7. The molecular weight excluding hydrogens is 464 g/mol. The lowest BCUT2D eigenvalue weighted by Crippen LogP contribution is -2.29. The topological polar surface area (TPSA) is 120 Å². The van der Waals surface area contributed by atoms with Gasteiger partial charge in [-0.3, -0.25) is 10.1 Å². The van der Waals surface area contributed by atoms with Crippen LogP contribution in [0.4, 0.5) is 10.5 Å². The van der Waals surface area contributed by atoms with Gasteiger partial charge in [-0.2, -0.15) is 0 Å². The van der Waals surface area contributed by atoms with E-state index in [0.29, 0.717) is 47.0 Å². The molecule has 190 valence electrons. The predicted molar refractivity (Wildman–Crippen MR) is 132 cm³/mol. The number of hydrogen-bond donors (Lipinski definition) is 2. The van der Waals surface area contributed by atoms with Crippen molar-refractivity contribution in [3.63, 3.8) is 0 Å². The molecule has 1 aromatic heterocycles. The van der Waals surface area contributed by atoms with E-state index in [4.69, 9.17) is 18.7 Å². The Morgan fingerprint density at radius 3 is 2.61 bits per heavy atom. The number of carboxylic acid groups (broad SMARTS) is 1. The van der Waals surface area contributed by atoms with Crippen molar-refractivity contribution >= 4 is 17.7 Å². The number of para-hydroxylation sites is 1.